The van der Waals surface area contributed by atoms with Gasteiger partial charge in [-0.1, -0.05) is 56.3 Å². The maximum absolute atomic E-state index is 12.7. The van der Waals surface area contributed by atoms with Gasteiger partial charge in [0.15, 0.2) is 0 Å². The summed E-state index contributed by atoms with van der Waals surface area (Å²) in [4.78, 5) is 10.9. The van der Waals surface area contributed by atoms with Gasteiger partial charge in [0, 0.05) is 31.6 Å². The van der Waals surface area contributed by atoms with Crippen LogP contribution in [0.15, 0.2) is 67.9 Å². The van der Waals surface area contributed by atoms with Crippen LogP contribution < -0.4 is 0 Å². The van der Waals surface area contributed by atoms with Crippen molar-refractivity contribution < 1.29 is 13.6 Å². The Morgan fingerprint density at radius 1 is 0.969 bits per heavy atom. The molecule has 0 N–H and O–H groups in total. The van der Waals surface area contributed by atoms with Crippen molar-refractivity contribution >= 4 is 16.7 Å². The number of terminal acetylenes is 1. The van der Waals surface area contributed by atoms with Crippen LogP contribution in [-0.2, 0) is 17.3 Å². The van der Waals surface area contributed by atoms with Gasteiger partial charge in [-0.3, -0.25) is 4.79 Å². The molecular formula is C28H37F2NO. The number of fused-ring (bicyclic) bond motifs is 1. The fourth-order valence-electron chi connectivity index (χ4n) is 2.98. The van der Waals surface area contributed by atoms with Crippen LogP contribution in [0.1, 0.15) is 50.8 Å². The lowest BCUT2D eigenvalue weighted by Gasteiger charge is -2.12. The number of alkyl halides is 2. The van der Waals surface area contributed by atoms with E-state index >= 15 is 0 Å². The van der Waals surface area contributed by atoms with Crippen molar-refractivity contribution in [1.82, 2.24) is 4.57 Å². The predicted molar refractivity (Wildman–Crippen MR) is 135 cm³/mol. The van der Waals surface area contributed by atoms with Crippen molar-refractivity contribution in [3.05, 3.63) is 84.6 Å². The SMILES string of the molecule is C#C.C=C.CC.CC(=O)CCn1ccc2cccc(C)c21.Cc1ccccc1C(C)(F)F. The van der Waals surface area contributed by atoms with Gasteiger partial charge < -0.3 is 4.57 Å². The zero-order chi connectivity index (χ0) is 25.3. The Kier molecular flexibility index (Phi) is 16.0. The molecule has 0 fully saturated rings. The van der Waals surface area contributed by atoms with E-state index in [1.165, 1.54) is 22.5 Å². The van der Waals surface area contributed by atoms with Gasteiger partial charge in [0.25, 0.3) is 5.92 Å². The van der Waals surface area contributed by atoms with Gasteiger partial charge in [0.2, 0.25) is 0 Å². The molecule has 3 rings (SSSR count). The summed E-state index contributed by atoms with van der Waals surface area (Å²) in [6.07, 6.45) is 10.7. The third kappa shape index (κ3) is 10.2. The monoisotopic (exact) mass is 441 g/mol. The van der Waals surface area contributed by atoms with Crippen LogP contribution in [0.3, 0.4) is 0 Å². The van der Waals surface area contributed by atoms with Crippen LogP contribution in [0.4, 0.5) is 8.78 Å². The number of para-hydroxylation sites is 1. The standard InChI is InChI=1S/C13H15NO.C9H10F2.C2H6.C2H4.C2H2/c1-10-4-3-5-12-7-9-14(13(10)12)8-6-11(2)15;1-7-5-3-4-6-8(7)9(2,10)11;3*1-2/h3-5,7,9H,6,8H2,1-2H3;3-6H,1-2H3;1-2H3;1-2H2;1-2H. The lowest BCUT2D eigenvalue weighted by atomic mass is 10.0. The molecule has 3 aromatic rings. The van der Waals surface area contributed by atoms with Gasteiger partial charge in [-0.15, -0.1) is 26.0 Å². The summed E-state index contributed by atoms with van der Waals surface area (Å²) in [6, 6.07) is 14.9. The number of benzene rings is 2. The molecule has 1 aromatic heterocycles. The molecule has 4 heteroatoms. The van der Waals surface area contributed by atoms with Crippen LogP contribution in [0.25, 0.3) is 10.9 Å². The molecular weight excluding hydrogens is 404 g/mol. The molecule has 0 atom stereocenters. The van der Waals surface area contributed by atoms with Gasteiger partial charge in [-0.25, -0.2) is 8.78 Å². The Bertz CT molecular complexity index is 949. The van der Waals surface area contributed by atoms with Crippen molar-refractivity contribution in [2.75, 3.05) is 0 Å². The number of Topliss-reactive ketones (excluding diaryl/α,β-unsaturated/α-hetero) is 1. The Balaban J connectivity index is 0. The van der Waals surface area contributed by atoms with Crippen molar-refractivity contribution in [1.29, 1.82) is 0 Å². The number of rotatable bonds is 4. The number of ketones is 1. The van der Waals surface area contributed by atoms with Gasteiger partial charge >= 0.3 is 0 Å². The average Bonchev–Trinajstić information content (AvgIpc) is 3.21. The molecule has 2 aromatic carbocycles. The first-order valence-electron chi connectivity index (χ1n) is 10.5. The highest BCUT2D eigenvalue weighted by atomic mass is 19.3. The van der Waals surface area contributed by atoms with E-state index in [2.05, 4.69) is 68.0 Å². The first kappa shape index (κ1) is 31.0. The van der Waals surface area contributed by atoms with E-state index in [0.717, 1.165) is 13.5 Å². The lowest BCUT2D eigenvalue weighted by molar-refractivity contribution is -0.117. The van der Waals surface area contributed by atoms with Crippen LogP contribution in [0, 0.1) is 26.7 Å². The third-order valence-corrected chi connectivity index (χ3v) is 4.31. The van der Waals surface area contributed by atoms with Gasteiger partial charge in [0.1, 0.15) is 5.78 Å². The Morgan fingerprint density at radius 3 is 1.97 bits per heavy atom. The number of hydrogen-bond acceptors (Lipinski definition) is 1. The van der Waals surface area contributed by atoms with Gasteiger partial charge in [0.05, 0.1) is 5.52 Å². The zero-order valence-corrected chi connectivity index (χ0v) is 20.3. The van der Waals surface area contributed by atoms with Crippen LogP contribution in [-0.4, -0.2) is 10.4 Å². The maximum atomic E-state index is 12.7. The van der Waals surface area contributed by atoms with Gasteiger partial charge in [-0.05, 0) is 43.4 Å². The molecule has 174 valence electrons. The van der Waals surface area contributed by atoms with E-state index in [1.54, 1.807) is 32.0 Å². The zero-order valence-electron chi connectivity index (χ0n) is 20.3. The molecule has 0 saturated carbocycles. The normalized spacial score (nSPS) is 9.44. The minimum Gasteiger partial charge on any atom is -0.347 e. The second kappa shape index (κ2) is 16.5. The summed E-state index contributed by atoms with van der Waals surface area (Å²) in [6.45, 7) is 17.1. The quantitative estimate of drug-likeness (QED) is 0.296. The van der Waals surface area contributed by atoms with Crippen LogP contribution >= 0.6 is 0 Å². The molecule has 0 spiro atoms. The summed E-state index contributed by atoms with van der Waals surface area (Å²) in [5, 5.41) is 1.25. The predicted octanol–water partition coefficient (Wildman–Crippen LogP) is 8.11. The summed E-state index contributed by atoms with van der Waals surface area (Å²) in [5.41, 5.74) is 3.26. The highest BCUT2D eigenvalue weighted by molar-refractivity contribution is 5.83. The first-order chi connectivity index (χ1) is 15.2. The molecule has 0 radical (unpaired) electrons. The topological polar surface area (TPSA) is 22.0 Å². The molecule has 2 nitrogen and oxygen atoms in total. The van der Waals surface area contributed by atoms with E-state index in [0.29, 0.717) is 12.0 Å². The summed E-state index contributed by atoms with van der Waals surface area (Å²) in [7, 11) is 0. The van der Waals surface area contributed by atoms with E-state index in [1.807, 2.05) is 13.8 Å². The highest BCUT2D eigenvalue weighted by Gasteiger charge is 2.25. The fraction of sp³-hybridized carbons (Fsp3) is 0.321. The number of aromatic nitrogens is 1. The molecule has 1 heterocycles. The minimum absolute atomic E-state index is 0.111. The summed E-state index contributed by atoms with van der Waals surface area (Å²) < 4.78 is 27.6. The van der Waals surface area contributed by atoms with Crippen LogP contribution in [0.2, 0.25) is 0 Å². The molecule has 0 aliphatic rings. The second-order valence-electron chi connectivity index (χ2n) is 6.68. The van der Waals surface area contributed by atoms with E-state index in [9.17, 15) is 13.6 Å². The average molecular weight is 442 g/mol. The van der Waals surface area contributed by atoms with Crippen molar-refractivity contribution in [3.63, 3.8) is 0 Å². The largest absolute Gasteiger partial charge is 0.347 e. The molecule has 0 aliphatic carbocycles. The fourth-order valence-corrected chi connectivity index (χ4v) is 2.98. The number of nitrogens with zero attached hydrogens (tertiary/aromatic N) is 1. The van der Waals surface area contributed by atoms with Crippen molar-refractivity contribution in [2.24, 2.45) is 0 Å². The summed E-state index contributed by atoms with van der Waals surface area (Å²) in [5.74, 6) is -2.48. The second-order valence-corrected chi connectivity index (χ2v) is 6.68. The Labute approximate surface area is 193 Å². The molecule has 0 amide bonds. The lowest BCUT2D eigenvalue weighted by Crippen LogP contribution is -2.08. The van der Waals surface area contributed by atoms with Crippen molar-refractivity contribution in [2.45, 2.75) is 60.4 Å². The van der Waals surface area contributed by atoms with E-state index in [4.69, 9.17) is 0 Å². The third-order valence-electron chi connectivity index (χ3n) is 4.31. The molecule has 0 bridgehead atoms. The van der Waals surface area contributed by atoms with E-state index < -0.39 is 5.92 Å². The number of carbonyl (C=O) groups is 1. The first-order valence-corrected chi connectivity index (χ1v) is 10.5. The minimum atomic E-state index is -2.72. The van der Waals surface area contributed by atoms with E-state index in [-0.39, 0.29) is 11.3 Å². The number of hydrogen-bond donors (Lipinski definition) is 0. The smallest absolute Gasteiger partial charge is 0.270 e. The Hall–Kier alpha value is -3.19. The maximum Gasteiger partial charge on any atom is 0.270 e. The van der Waals surface area contributed by atoms with Crippen molar-refractivity contribution in [3.8, 4) is 12.8 Å². The number of halogens is 2. The molecule has 32 heavy (non-hydrogen) atoms. The number of aryl methyl sites for hydroxylation is 3. The summed E-state index contributed by atoms with van der Waals surface area (Å²) >= 11 is 0. The van der Waals surface area contributed by atoms with Crippen LogP contribution in [0.5, 0.6) is 0 Å². The molecule has 0 unspecified atom stereocenters. The van der Waals surface area contributed by atoms with Gasteiger partial charge in [-0.2, -0.15) is 0 Å². The highest BCUT2D eigenvalue weighted by Crippen LogP contribution is 2.28. The molecule has 0 aliphatic heterocycles. The molecule has 0 saturated heterocycles. The Morgan fingerprint density at radius 2 is 1.50 bits per heavy atom. The number of carbonyl (C=O) groups excluding carboxylic acids is 1.